The molecule has 94 valence electrons. The topological polar surface area (TPSA) is 93.2 Å². The lowest BCUT2D eigenvalue weighted by molar-refractivity contribution is -0.142. The van der Waals surface area contributed by atoms with Gasteiger partial charge in [0.2, 0.25) is 0 Å². The highest BCUT2D eigenvalue weighted by molar-refractivity contribution is 6.00. The fourth-order valence-electron chi connectivity index (χ4n) is 2.24. The summed E-state index contributed by atoms with van der Waals surface area (Å²) in [6.07, 6.45) is -0.453. The summed E-state index contributed by atoms with van der Waals surface area (Å²) < 4.78 is 0. The molecular formula is C9H14N4O4. The van der Waals surface area contributed by atoms with Crippen LogP contribution in [0.1, 0.15) is 0 Å². The SMILES string of the molecule is CN1C(=O)C2C(NCN2CC(=O)O)N(C)C1=O. The van der Waals surface area contributed by atoms with E-state index in [0.717, 1.165) is 4.90 Å². The Bertz CT molecular complexity index is 385. The molecule has 3 amide bonds. The minimum absolute atomic E-state index is 0.226. The molecule has 2 aliphatic heterocycles. The van der Waals surface area contributed by atoms with Crippen molar-refractivity contribution >= 4 is 17.9 Å². The summed E-state index contributed by atoms with van der Waals surface area (Å²) in [7, 11) is 2.98. The summed E-state index contributed by atoms with van der Waals surface area (Å²) in [4.78, 5) is 38.2. The van der Waals surface area contributed by atoms with Crippen LogP contribution in [0, 0.1) is 0 Å². The molecule has 2 N–H and O–H groups in total. The van der Waals surface area contributed by atoms with Gasteiger partial charge in [0.1, 0.15) is 12.2 Å². The van der Waals surface area contributed by atoms with E-state index in [4.69, 9.17) is 5.11 Å². The van der Waals surface area contributed by atoms with Crippen LogP contribution in [0.2, 0.25) is 0 Å². The van der Waals surface area contributed by atoms with Gasteiger partial charge in [0.15, 0.2) is 0 Å². The second kappa shape index (κ2) is 3.97. The van der Waals surface area contributed by atoms with Crippen molar-refractivity contribution < 1.29 is 19.5 Å². The van der Waals surface area contributed by atoms with E-state index in [0.29, 0.717) is 0 Å². The number of amides is 3. The molecule has 2 atom stereocenters. The predicted octanol–water partition coefficient (Wildman–Crippen LogP) is -1.85. The lowest BCUT2D eigenvalue weighted by Crippen LogP contribution is -2.65. The summed E-state index contributed by atoms with van der Waals surface area (Å²) in [5, 5.41) is 11.7. The van der Waals surface area contributed by atoms with Gasteiger partial charge in [-0.05, 0) is 0 Å². The zero-order valence-corrected chi connectivity index (χ0v) is 9.58. The summed E-state index contributed by atoms with van der Waals surface area (Å²) in [5.74, 6) is -1.37. The molecule has 8 heteroatoms. The fourth-order valence-corrected chi connectivity index (χ4v) is 2.24. The van der Waals surface area contributed by atoms with E-state index in [-0.39, 0.29) is 25.2 Å². The Balaban J connectivity index is 2.23. The number of fused-ring (bicyclic) bond motifs is 1. The van der Waals surface area contributed by atoms with Crippen molar-refractivity contribution in [2.75, 3.05) is 27.3 Å². The van der Waals surface area contributed by atoms with Gasteiger partial charge >= 0.3 is 12.0 Å². The Morgan fingerprint density at radius 2 is 2.12 bits per heavy atom. The van der Waals surface area contributed by atoms with Gasteiger partial charge in [-0.2, -0.15) is 0 Å². The molecule has 0 spiro atoms. The van der Waals surface area contributed by atoms with Crippen LogP contribution in [-0.2, 0) is 9.59 Å². The average molecular weight is 242 g/mol. The number of rotatable bonds is 2. The Hall–Kier alpha value is -1.67. The Morgan fingerprint density at radius 3 is 2.71 bits per heavy atom. The quantitative estimate of drug-likeness (QED) is 0.590. The first kappa shape index (κ1) is 11.8. The van der Waals surface area contributed by atoms with Gasteiger partial charge in [0.05, 0.1) is 13.2 Å². The zero-order valence-electron chi connectivity index (χ0n) is 9.58. The second-order valence-corrected chi connectivity index (χ2v) is 4.18. The monoisotopic (exact) mass is 242 g/mol. The first-order valence-corrected chi connectivity index (χ1v) is 5.17. The number of carbonyl (C=O) groups is 3. The van der Waals surface area contributed by atoms with Crippen LogP contribution in [0.5, 0.6) is 0 Å². The molecule has 0 aromatic heterocycles. The molecule has 0 aromatic carbocycles. The number of carboxylic acids is 1. The van der Waals surface area contributed by atoms with E-state index >= 15 is 0 Å². The molecule has 2 unspecified atom stereocenters. The predicted molar refractivity (Wildman–Crippen MR) is 55.8 cm³/mol. The standard InChI is InChI=1S/C9H14N4O4/c1-11-7-6(8(16)12(2)9(11)17)13(4-10-7)3-5(14)15/h6-7,10H,3-4H2,1-2H3,(H,14,15). The fraction of sp³-hybridized carbons (Fsp3) is 0.667. The van der Waals surface area contributed by atoms with Crippen LogP contribution >= 0.6 is 0 Å². The minimum atomic E-state index is -0.998. The zero-order chi connectivity index (χ0) is 12.7. The van der Waals surface area contributed by atoms with Gasteiger partial charge in [-0.1, -0.05) is 0 Å². The van der Waals surface area contributed by atoms with E-state index in [1.54, 1.807) is 7.05 Å². The third kappa shape index (κ3) is 1.75. The third-order valence-corrected chi connectivity index (χ3v) is 3.12. The van der Waals surface area contributed by atoms with Gasteiger partial charge in [-0.3, -0.25) is 24.7 Å². The number of urea groups is 1. The number of hydrogen-bond donors (Lipinski definition) is 2. The van der Waals surface area contributed by atoms with Gasteiger partial charge in [-0.25, -0.2) is 4.79 Å². The summed E-state index contributed by atoms with van der Waals surface area (Å²) in [6, 6.07) is -1.01. The lowest BCUT2D eigenvalue weighted by atomic mass is 10.1. The van der Waals surface area contributed by atoms with Crippen molar-refractivity contribution in [3.8, 4) is 0 Å². The number of imide groups is 1. The molecule has 0 radical (unpaired) electrons. The Morgan fingerprint density at radius 1 is 1.47 bits per heavy atom. The normalized spacial score (nSPS) is 29.8. The molecular weight excluding hydrogens is 228 g/mol. The third-order valence-electron chi connectivity index (χ3n) is 3.12. The maximum absolute atomic E-state index is 12.0. The van der Waals surface area contributed by atoms with E-state index in [1.165, 1.54) is 16.8 Å². The highest BCUT2D eigenvalue weighted by atomic mass is 16.4. The van der Waals surface area contributed by atoms with Crippen molar-refractivity contribution in [1.82, 2.24) is 20.0 Å². The number of aliphatic carboxylic acids is 1. The lowest BCUT2D eigenvalue weighted by Gasteiger charge is -2.39. The van der Waals surface area contributed by atoms with Crippen molar-refractivity contribution in [3.63, 3.8) is 0 Å². The van der Waals surface area contributed by atoms with Crippen LogP contribution in [0.15, 0.2) is 0 Å². The van der Waals surface area contributed by atoms with E-state index in [2.05, 4.69) is 5.32 Å². The molecule has 8 nitrogen and oxygen atoms in total. The molecule has 2 rings (SSSR count). The summed E-state index contributed by atoms with van der Waals surface area (Å²) in [6.45, 7) is 0.0502. The molecule has 0 aromatic rings. The van der Waals surface area contributed by atoms with Crippen LogP contribution < -0.4 is 5.32 Å². The first-order chi connectivity index (χ1) is 7.93. The number of carboxylic acid groups (broad SMARTS) is 1. The molecule has 2 saturated heterocycles. The maximum atomic E-state index is 12.0. The second-order valence-electron chi connectivity index (χ2n) is 4.18. The highest BCUT2D eigenvalue weighted by Gasteiger charge is 2.49. The first-order valence-electron chi connectivity index (χ1n) is 5.17. The van der Waals surface area contributed by atoms with Crippen LogP contribution in [-0.4, -0.2) is 77.2 Å². The van der Waals surface area contributed by atoms with Crippen LogP contribution in [0.4, 0.5) is 4.79 Å². The van der Waals surface area contributed by atoms with Gasteiger partial charge < -0.3 is 10.0 Å². The number of hydrogen-bond acceptors (Lipinski definition) is 5. The maximum Gasteiger partial charge on any atom is 0.327 e. The smallest absolute Gasteiger partial charge is 0.327 e. The molecule has 0 saturated carbocycles. The summed E-state index contributed by atoms with van der Waals surface area (Å²) >= 11 is 0. The van der Waals surface area contributed by atoms with Gasteiger partial charge in [-0.15, -0.1) is 0 Å². The largest absolute Gasteiger partial charge is 0.480 e. The van der Waals surface area contributed by atoms with Crippen molar-refractivity contribution in [2.45, 2.75) is 12.2 Å². The molecule has 2 heterocycles. The van der Waals surface area contributed by atoms with Crippen molar-refractivity contribution in [2.24, 2.45) is 0 Å². The molecule has 17 heavy (non-hydrogen) atoms. The van der Waals surface area contributed by atoms with Crippen LogP contribution in [0.25, 0.3) is 0 Å². The van der Waals surface area contributed by atoms with E-state index in [1.807, 2.05) is 0 Å². The number of nitrogens with one attached hydrogen (secondary N) is 1. The van der Waals surface area contributed by atoms with Crippen LogP contribution in [0.3, 0.4) is 0 Å². The number of likely N-dealkylation sites (N-methyl/N-ethyl adjacent to an activating group) is 2. The Kier molecular flexibility index (Phi) is 2.76. The number of carbonyl (C=O) groups excluding carboxylic acids is 2. The van der Waals surface area contributed by atoms with Crippen molar-refractivity contribution in [1.29, 1.82) is 0 Å². The average Bonchev–Trinajstić information content (AvgIpc) is 2.66. The van der Waals surface area contributed by atoms with E-state index in [9.17, 15) is 14.4 Å². The number of nitrogens with zero attached hydrogens (tertiary/aromatic N) is 3. The molecule has 0 aliphatic carbocycles. The highest BCUT2D eigenvalue weighted by Crippen LogP contribution is 2.22. The molecule has 2 aliphatic rings. The molecule has 2 fully saturated rings. The summed E-state index contributed by atoms with van der Waals surface area (Å²) in [5.41, 5.74) is 0. The Labute approximate surface area is 97.8 Å². The van der Waals surface area contributed by atoms with Crippen molar-refractivity contribution in [3.05, 3.63) is 0 Å². The minimum Gasteiger partial charge on any atom is -0.480 e. The molecule has 0 bridgehead atoms. The van der Waals surface area contributed by atoms with Gasteiger partial charge in [0.25, 0.3) is 5.91 Å². The van der Waals surface area contributed by atoms with E-state index < -0.39 is 18.2 Å². The van der Waals surface area contributed by atoms with Gasteiger partial charge in [0, 0.05) is 14.1 Å².